The van der Waals surface area contributed by atoms with Crippen LogP contribution >= 0.6 is 0 Å². The summed E-state index contributed by atoms with van der Waals surface area (Å²) in [5, 5.41) is 0. The third-order valence-electron chi connectivity index (χ3n) is 6.97. The molecule has 1 aliphatic carbocycles. The molecule has 17 heteroatoms. The van der Waals surface area contributed by atoms with Crippen molar-refractivity contribution >= 4 is 12.1 Å². The van der Waals surface area contributed by atoms with Gasteiger partial charge in [-0.15, -0.1) is 0 Å². The third kappa shape index (κ3) is 7.02. The van der Waals surface area contributed by atoms with Crippen molar-refractivity contribution in [3.05, 3.63) is 0 Å². The molecule has 0 aromatic heterocycles. The molecule has 0 aromatic carbocycles. The minimum absolute atomic E-state index is 0.0549. The lowest BCUT2D eigenvalue weighted by Crippen LogP contribution is -2.69. The fourth-order valence-corrected chi connectivity index (χ4v) is 5.10. The fourth-order valence-electron chi connectivity index (χ4n) is 5.10. The second-order valence-corrected chi connectivity index (χ2v) is 10.9. The van der Waals surface area contributed by atoms with Crippen LogP contribution in [0.2, 0.25) is 0 Å². The average molecular weight is 614 g/mol. The minimum Gasteiger partial charge on any atom is -0.439 e. The molecule has 1 fully saturated rings. The summed E-state index contributed by atoms with van der Waals surface area (Å²) in [4.78, 5) is 23.6. The molecule has 1 rings (SSSR count). The van der Waals surface area contributed by atoms with E-state index in [1.54, 1.807) is 0 Å². The molecule has 0 aromatic rings. The van der Waals surface area contributed by atoms with Crippen molar-refractivity contribution in [2.45, 2.75) is 109 Å². The summed E-state index contributed by atoms with van der Waals surface area (Å²) in [6.07, 6.45) is -33.2. The maximum absolute atomic E-state index is 14.4. The zero-order valence-electron chi connectivity index (χ0n) is 22.2. The Morgan fingerprint density at radius 1 is 0.675 bits per heavy atom. The Morgan fingerprint density at radius 3 is 1.30 bits per heavy atom. The lowest BCUT2D eigenvalue weighted by atomic mass is 9.60. The quantitative estimate of drug-likeness (QED) is 0.223. The lowest BCUT2D eigenvalue weighted by molar-refractivity contribution is -0.405. The number of rotatable bonds is 6. The van der Waals surface area contributed by atoms with Gasteiger partial charge in [0.05, 0.1) is 0 Å². The van der Waals surface area contributed by atoms with E-state index < -0.39 is 96.6 Å². The van der Waals surface area contributed by atoms with E-state index in [4.69, 9.17) is 0 Å². The van der Waals surface area contributed by atoms with Crippen LogP contribution in [-0.2, 0) is 19.0 Å². The SMILES string of the molecule is CCC(C)C1CC(C(OC(C)=O)(C(F)(F)F)C(F)(F)F)CC(C(OC(=O)OC(C)(C)C)(C(F)(F)F)C(F)(F)F)C1. The van der Waals surface area contributed by atoms with Crippen LogP contribution < -0.4 is 0 Å². The predicted octanol–water partition coefficient (Wildman–Crippen LogP) is 8.31. The van der Waals surface area contributed by atoms with Crippen LogP contribution in [0, 0.1) is 23.7 Å². The van der Waals surface area contributed by atoms with Crippen molar-refractivity contribution in [2.24, 2.45) is 23.7 Å². The lowest BCUT2D eigenvalue weighted by Gasteiger charge is -2.51. The van der Waals surface area contributed by atoms with Gasteiger partial charge in [-0.3, -0.25) is 4.79 Å². The number of hydrogen-bond acceptors (Lipinski definition) is 5. The monoisotopic (exact) mass is 614 g/mol. The molecule has 0 heterocycles. The number of carbonyl (C=O) groups is 2. The van der Waals surface area contributed by atoms with Crippen LogP contribution in [0.5, 0.6) is 0 Å². The molecule has 5 nitrogen and oxygen atoms in total. The number of ether oxygens (including phenoxy) is 3. The highest BCUT2D eigenvalue weighted by Gasteiger charge is 2.82. The predicted molar refractivity (Wildman–Crippen MR) is 113 cm³/mol. The first-order valence-electron chi connectivity index (χ1n) is 12.0. The van der Waals surface area contributed by atoms with E-state index in [-0.39, 0.29) is 13.3 Å². The summed E-state index contributed by atoms with van der Waals surface area (Å²) in [5.74, 6) is -11.1. The topological polar surface area (TPSA) is 61.8 Å². The van der Waals surface area contributed by atoms with Gasteiger partial charge in [0, 0.05) is 18.8 Å². The molecular formula is C23H30F12O5. The van der Waals surface area contributed by atoms with Crippen molar-refractivity contribution in [3.63, 3.8) is 0 Å². The minimum atomic E-state index is -6.57. The first-order valence-corrected chi connectivity index (χ1v) is 12.0. The average Bonchev–Trinajstić information content (AvgIpc) is 2.69. The maximum atomic E-state index is 14.4. The van der Waals surface area contributed by atoms with Crippen LogP contribution in [0.3, 0.4) is 0 Å². The molecule has 0 amide bonds. The molecule has 0 spiro atoms. The van der Waals surface area contributed by atoms with Crippen LogP contribution in [-0.4, -0.2) is 53.6 Å². The molecule has 236 valence electrons. The highest BCUT2D eigenvalue weighted by molar-refractivity contribution is 5.67. The van der Waals surface area contributed by atoms with Gasteiger partial charge in [0.2, 0.25) is 0 Å². The first-order chi connectivity index (χ1) is 17.6. The molecule has 0 saturated heterocycles. The number of hydrogen-bond donors (Lipinski definition) is 0. The van der Waals surface area contributed by atoms with Gasteiger partial charge < -0.3 is 14.2 Å². The van der Waals surface area contributed by atoms with Gasteiger partial charge in [-0.05, 0) is 51.9 Å². The number of esters is 1. The van der Waals surface area contributed by atoms with E-state index in [9.17, 15) is 62.3 Å². The van der Waals surface area contributed by atoms with E-state index in [2.05, 4.69) is 14.2 Å². The molecule has 4 atom stereocenters. The van der Waals surface area contributed by atoms with Crippen molar-refractivity contribution in [1.29, 1.82) is 0 Å². The summed E-state index contributed by atoms with van der Waals surface area (Å²) in [6.45, 7) is 5.96. The number of halogens is 12. The Hall–Kier alpha value is -2.10. The molecule has 1 aliphatic rings. The Morgan fingerprint density at radius 2 is 1.02 bits per heavy atom. The number of carbonyl (C=O) groups excluding carboxylic acids is 2. The molecule has 0 aliphatic heterocycles. The van der Waals surface area contributed by atoms with Gasteiger partial charge in [-0.25, -0.2) is 4.79 Å². The van der Waals surface area contributed by atoms with E-state index in [0.29, 0.717) is 0 Å². The zero-order chi connectivity index (χ0) is 31.9. The largest absolute Gasteiger partial charge is 0.510 e. The van der Waals surface area contributed by atoms with Crippen LogP contribution in [0.1, 0.15) is 67.2 Å². The molecule has 1 saturated carbocycles. The molecular weight excluding hydrogens is 584 g/mol. The Balaban J connectivity index is 4.06. The molecule has 0 N–H and O–H groups in total. The Labute approximate surface area is 221 Å². The van der Waals surface area contributed by atoms with Crippen LogP contribution in [0.25, 0.3) is 0 Å². The Bertz CT molecular complexity index is 870. The highest BCUT2D eigenvalue weighted by Crippen LogP contribution is 2.61. The van der Waals surface area contributed by atoms with Gasteiger partial charge in [0.1, 0.15) is 5.60 Å². The second kappa shape index (κ2) is 11.3. The fraction of sp³-hybridized carbons (Fsp3) is 0.913. The van der Waals surface area contributed by atoms with E-state index in [1.807, 2.05) is 0 Å². The number of alkyl halides is 12. The van der Waals surface area contributed by atoms with Crippen LogP contribution in [0.4, 0.5) is 57.5 Å². The van der Waals surface area contributed by atoms with Gasteiger partial charge in [0.25, 0.3) is 0 Å². The smallest absolute Gasteiger partial charge is 0.439 e. The summed E-state index contributed by atoms with van der Waals surface area (Å²) in [5.41, 5.74) is -12.7. The second-order valence-electron chi connectivity index (χ2n) is 10.9. The normalized spacial score (nSPS) is 22.9. The van der Waals surface area contributed by atoms with Crippen molar-refractivity contribution < 1.29 is 76.5 Å². The van der Waals surface area contributed by atoms with Crippen molar-refractivity contribution in [1.82, 2.24) is 0 Å². The van der Waals surface area contributed by atoms with E-state index >= 15 is 0 Å². The van der Waals surface area contributed by atoms with Gasteiger partial charge in [-0.1, -0.05) is 20.3 Å². The molecule has 0 radical (unpaired) electrons. The van der Waals surface area contributed by atoms with Crippen molar-refractivity contribution in [2.75, 3.05) is 0 Å². The van der Waals surface area contributed by atoms with Gasteiger partial charge in [-0.2, -0.15) is 52.7 Å². The van der Waals surface area contributed by atoms with Crippen LogP contribution in [0.15, 0.2) is 0 Å². The summed E-state index contributed by atoms with van der Waals surface area (Å²) >= 11 is 0. The summed E-state index contributed by atoms with van der Waals surface area (Å²) in [6, 6.07) is 0. The van der Waals surface area contributed by atoms with Crippen molar-refractivity contribution in [3.8, 4) is 0 Å². The zero-order valence-corrected chi connectivity index (χ0v) is 22.2. The molecule has 40 heavy (non-hydrogen) atoms. The summed E-state index contributed by atoms with van der Waals surface area (Å²) < 4.78 is 183. The van der Waals surface area contributed by atoms with Gasteiger partial charge in [0.15, 0.2) is 0 Å². The Kier molecular flexibility index (Phi) is 10.1. The standard InChI is InChI=1S/C23H30F12O5/c1-7-11(2)13-8-14(18(20(24,25)26,21(27,28)29)38-12(3)36)10-15(9-13)19(22(30,31)32,23(33,34)35)40-16(37)39-17(4,5)6/h11,13-15H,7-10H2,1-6H3. The van der Waals surface area contributed by atoms with E-state index in [0.717, 1.165) is 20.8 Å². The first kappa shape index (κ1) is 35.9. The third-order valence-corrected chi connectivity index (χ3v) is 6.97. The van der Waals surface area contributed by atoms with Gasteiger partial charge >= 0.3 is 48.0 Å². The molecule has 4 unspecified atom stereocenters. The maximum Gasteiger partial charge on any atom is 0.510 e. The highest BCUT2D eigenvalue weighted by atomic mass is 19.4. The molecule has 0 bridgehead atoms. The summed E-state index contributed by atoms with van der Waals surface area (Å²) in [7, 11) is 0. The van der Waals surface area contributed by atoms with E-state index in [1.165, 1.54) is 13.8 Å².